The molecule has 3 heteroatoms. The highest BCUT2D eigenvalue weighted by Gasteiger charge is 2.18. The van der Waals surface area contributed by atoms with E-state index in [1.165, 1.54) is 73.4 Å². The molecule has 0 fully saturated rings. The molecule has 0 unspecified atom stereocenters. The lowest BCUT2D eigenvalue weighted by atomic mass is 9.87. The van der Waals surface area contributed by atoms with E-state index >= 15 is 0 Å². The Morgan fingerprint density at radius 2 is 1.10 bits per heavy atom. The molecule has 7 aromatic carbocycles. The second-order valence-corrected chi connectivity index (χ2v) is 14.5. The molecule has 0 spiro atoms. The van der Waals surface area contributed by atoms with Gasteiger partial charge in [0.2, 0.25) is 0 Å². The van der Waals surface area contributed by atoms with Gasteiger partial charge in [0.05, 0.1) is 9.40 Å². The highest BCUT2D eigenvalue weighted by atomic mass is 32.1. The number of allylic oxidation sites excluding steroid dienone is 3. The van der Waals surface area contributed by atoms with Crippen molar-refractivity contribution in [3.8, 4) is 22.3 Å². The quantitative estimate of drug-likeness (QED) is 0.173. The summed E-state index contributed by atoms with van der Waals surface area (Å²) >= 11 is 3.83. The SMILES string of the molecule is C/C=C\C=C/c1cc(-c2ccc3c(c2)sc2c3ccc3c4ccccc4sc32)c2ccccc2c1-c1ccc2c(c1)oc1ccccc12. The topological polar surface area (TPSA) is 13.1 Å². The molecule has 0 saturated heterocycles. The Balaban J connectivity index is 1.20. The van der Waals surface area contributed by atoms with Gasteiger partial charge in [0, 0.05) is 41.7 Å². The lowest BCUT2D eigenvalue weighted by molar-refractivity contribution is 0.669. The summed E-state index contributed by atoms with van der Waals surface area (Å²) in [7, 11) is 0. The van der Waals surface area contributed by atoms with E-state index in [0.29, 0.717) is 0 Å². The van der Waals surface area contributed by atoms with E-state index in [9.17, 15) is 0 Å². The standard InChI is InChI=1S/C45H28OS2/c1-2-3-4-11-28-24-38(27-18-21-34-37-23-22-36-33-14-8-10-17-41(33)47-44(36)45(37)48-42(34)26-27)30-12-5-6-15-35(30)43(28)29-19-20-32-31-13-7-9-16-39(31)46-40(32)25-29/h2-26H,1H3/b3-2-,11-4-. The minimum atomic E-state index is 0.910. The molecule has 0 amide bonds. The number of hydrogen-bond acceptors (Lipinski definition) is 3. The van der Waals surface area contributed by atoms with E-state index in [0.717, 1.165) is 27.5 Å². The molecule has 3 aromatic heterocycles. The van der Waals surface area contributed by atoms with Crippen molar-refractivity contribution in [1.29, 1.82) is 0 Å². The summed E-state index contributed by atoms with van der Waals surface area (Å²) < 4.78 is 11.8. The van der Waals surface area contributed by atoms with E-state index in [2.05, 4.69) is 146 Å². The fraction of sp³-hybridized carbons (Fsp3) is 0.0222. The predicted octanol–water partition coefficient (Wildman–Crippen LogP) is 14.4. The molecule has 0 aliphatic carbocycles. The first-order valence-electron chi connectivity index (χ1n) is 16.3. The number of rotatable bonds is 4. The molecule has 1 nitrogen and oxygen atoms in total. The van der Waals surface area contributed by atoms with Crippen LogP contribution in [0.15, 0.2) is 150 Å². The van der Waals surface area contributed by atoms with E-state index in [4.69, 9.17) is 4.42 Å². The Kier molecular flexibility index (Phi) is 6.20. The monoisotopic (exact) mass is 648 g/mol. The summed E-state index contributed by atoms with van der Waals surface area (Å²) in [5, 5.41) is 10.1. The Hall–Kier alpha value is -5.48. The van der Waals surface area contributed by atoms with Crippen LogP contribution in [-0.2, 0) is 0 Å². The molecule has 3 heterocycles. The average molecular weight is 649 g/mol. The lowest BCUT2D eigenvalue weighted by Gasteiger charge is -2.16. The third-order valence-electron chi connectivity index (χ3n) is 9.62. The first kappa shape index (κ1) is 27.6. The third-order valence-corrected chi connectivity index (χ3v) is 12.1. The first-order chi connectivity index (χ1) is 23.7. The van der Waals surface area contributed by atoms with Crippen molar-refractivity contribution < 1.29 is 4.42 Å². The smallest absolute Gasteiger partial charge is 0.136 e. The van der Waals surface area contributed by atoms with Crippen LogP contribution >= 0.6 is 22.7 Å². The van der Waals surface area contributed by atoms with Gasteiger partial charge in [0.1, 0.15) is 11.2 Å². The molecule has 0 aliphatic rings. The first-order valence-corrected chi connectivity index (χ1v) is 17.9. The lowest BCUT2D eigenvalue weighted by Crippen LogP contribution is -1.91. The van der Waals surface area contributed by atoms with E-state index < -0.39 is 0 Å². The number of hydrogen-bond donors (Lipinski definition) is 0. The highest BCUT2D eigenvalue weighted by Crippen LogP contribution is 2.46. The van der Waals surface area contributed by atoms with Gasteiger partial charge in [-0.05, 0) is 81.9 Å². The fourth-order valence-corrected chi connectivity index (χ4v) is 10.0. The summed E-state index contributed by atoms with van der Waals surface area (Å²) in [5.41, 5.74) is 7.85. The normalized spacial score (nSPS) is 12.5. The molecule has 48 heavy (non-hydrogen) atoms. The molecule has 0 atom stereocenters. The Morgan fingerprint density at radius 1 is 0.479 bits per heavy atom. The van der Waals surface area contributed by atoms with Crippen LogP contribution in [-0.4, -0.2) is 0 Å². The summed E-state index contributed by atoms with van der Waals surface area (Å²) in [6.45, 7) is 2.05. The summed E-state index contributed by atoms with van der Waals surface area (Å²) in [4.78, 5) is 0. The zero-order chi connectivity index (χ0) is 31.8. The van der Waals surface area contributed by atoms with Gasteiger partial charge >= 0.3 is 0 Å². The fourth-order valence-electron chi connectivity index (χ4n) is 7.43. The van der Waals surface area contributed by atoms with Crippen molar-refractivity contribution in [2.45, 2.75) is 6.92 Å². The molecular weight excluding hydrogens is 621 g/mol. The maximum absolute atomic E-state index is 6.34. The molecule has 0 saturated carbocycles. The Morgan fingerprint density at radius 3 is 1.94 bits per heavy atom. The van der Waals surface area contributed by atoms with E-state index in [1.54, 1.807) is 0 Å². The van der Waals surface area contributed by atoms with Crippen LogP contribution in [0.4, 0.5) is 0 Å². The maximum atomic E-state index is 6.34. The van der Waals surface area contributed by atoms with Crippen molar-refractivity contribution in [3.63, 3.8) is 0 Å². The van der Waals surface area contributed by atoms with Gasteiger partial charge in [-0.25, -0.2) is 0 Å². The van der Waals surface area contributed by atoms with Crippen molar-refractivity contribution in [2.75, 3.05) is 0 Å². The van der Waals surface area contributed by atoms with E-state index in [1.807, 2.05) is 34.8 Å². The number of para-hydroxylation sites is 1. The minimum Gasteiger partial charge on any atom is -0.456 e. The molecule has 10 rings (SSSR count). The van der Waals surface area contributed by atoms with Crippen LogP contribution in [0.25, 0.3) is 101 Å². The molecule has 0 radical (unpaired) electrons. The number of benzene rings is 7. The van der Waals surface area contributed by atoms with Gasteiger partial charge in [-0.1, -0.05) is 115 Å². The molecule has 0 bridgehead atoms. The zero-order valence-electron chi connectivity index (χ0n) is 26.2. The van der Waals surface area contributed by atoms with Gasteiger partial charge in [-0.2, -0.15) is 0 Å². The van der Waals surface area contributed by atoms with Crippen LogP contribution in [0, 0.1) is 0 Å². The summed E-state index contributed by atoms with van der Waals surface area (Å²) in [6, 6.07) is 46.6. The van der Waals surface area contributed by atoms with Gasteiger partial charge < -0.3 is 4.42 Å². The van der Waals surface area contributed by atoms with Gasteiger partial charge in [-0.3, -0.25) is 0 Å². The Labute approximate surface area is 285 Å². The van der Waals surface area contributed by atoms with Crippen molar-refractivity contribution in [2.24, 2.45) is 0 Å². The second-order valence-electron chi connectivity index (χ2n) is 12.4. The number of fused-ring (bicyclic) bond motifs is 11. The van der Waals surface area contributed by atoms with Gasteiger partial charge in [0.25, 0.3) is 0 Å². The average Bonchev–Trinajstić information content (AvgIpc) is 3.82. The minimum absolute atomic E-state index is 0.910. The van der Waals surface area contributed by atoms with Crippen molar-refractivity contribution in [1.82, 2.24) is 0 Å². The van der Waals surface area contributed by atoms with E-state index in [-0.39, 0.29) is 0 Å². The largest absolute Gasteiger partial charge is 0.456 e. The molecular formula is C45H28OS2. The van der Waals surface area contributed by atoms with Gasteiger partial charge in [-0.15, -0.1) is 22.7 Å². The second kappa shape index (κ2) is 10.8. The predicted molar refractivity (Wildman–Crippen MR) is 212 cm³/mol. The van der Waals surface area contributed by atoms with Crippen LogP contribution in [0.1, 0.15) is 12.5 Å². The van der Waals surface area contributed by atoms with Crippen molar-refractivity contribution >= 4 is 102 Å². The summed E-state index contributed by atoms with van der Waals surface area (Å²) in [6.07, 6.45) is 8.55. The Bertz CT molecular complexity index is 2960. The molecule has 226 valence electrons. The van der Waals surface area contributed by atoms with Gasteiger partial charge in [0.15, 0.2) is 0 Å². The molecule has 0 N–H and O–H groups in total. The van der Waals surface area contributed by atoms with Crippen LogP contribution in [0.3, 0.4) is 0 Å². The zero-order valence-corrected chi connectivity index (χ0v) is 27.8. The van der Waals surface area contributed by atoms with Crippen LogP contribution in [0.2, 0.25) is 0 Å². The third kappa shape index (κ3) is 4.15. The van der Waals surface area contributed by atoms with Crippen LogP contribution in [0.5, 0.6) is 0 Å². The van der Waals surface area contributed by atoms with Crippen LogP contribution < -0.4 is 0 Å². The highest BCUT2D eigenvalue weighted by molar-refractivity contribution is 7.33. The summed E-state index contributed by atoms with van der Waals surface area (Å²) in [5.74, 6) is 0. The molecule has 10 aromatic rings. The maximum Gasteiger partial charge on any atom is 0.136 e. The number of furan rings is 1. The van der Waals surface area contributed by atoms with Crippen molar-refractivity contribution in [3.05, 3.63) is 151 Å². The molecule has 0 aliphatic heterocycles. The number of thiophene rings is 2.